The van der Waals surface area contributed by atoms with Crippen LogP contribution in [0.25, 0.3) is 11.0 Å². The molecule has 2 unspecified atom stereocenters. The van der Waals surface area contributed by atoms with Gasteiger partial charge in [0.1, 0.15) is 17.6 Å². The third-order valence-corrected chi connectivity index (χ3v) is 5.23. The molecule has 2 atom stereocenters. The number of halogens is 1. The molecule has 0 aliphatic carbocycles. The molecule has 0 amide bonds. The molecule has 24 heavy (non-hydrogen) atoms. The molecule has 1 aliphatic rings. The van der Waals surface area contributed by atoms with Gasteiger partial charge < -0.3 is 9.82 Å². The maximum absolute atomic E-state index is 13.4. The molecule has 1 N–H and O–H groups in total. The Morgan fingerprint density at radius 1 is 1.29 bits per heavy atom. The molecule has 0 saturated heterocycles. The molecule has 0 bridgehead atoms. The largest absolute Gasteiger partial charge is 0.392 e. The average Bonchev–Trinajstić information content (AvgIpc) is 3.11. The van der Waals surface area contributed by atoms with Gasteiger partial charge in [-0.05, 0) is 43.7 Å². The van der Waals surface area contributed by atoms with Crippen LogP contribution in [0.1, 0.15) is 25.3 Å². The fourth-order valence-electron chi connectivity index (χ4n) is 3.04. The lowest BCUT2D eigenvalue weighted by atomic mass is 9.92. The van der Waals surface area contributed by atoms with Gasteiger partial charge in [-0.3, -0.25) is 0 Å². The molecule has 0 radical (unpaired) electrons. The zero-order valence-corrected chi connectivity index (χ0v) is 14.1. The third-order valence-electron chi connectivity index (χ3n) is 4.18. The predicted molar refractivity (Wildman–Crippen MR) is 93.0 cm³/mol. The fourth-order valence-corrected chi connectivity index (χ4v) is 4.00. The van der Waals surface area contributed by atoms with Crippen LogP contribution >= 0.6 is 11.8 Å². The van der Waals surface area contributed by atoms with Gasteiger partial charge in [0.25, 0.3) is 0 Å². The van der Waals surface area contributed by atoms with E-state index in [1.807, 2.05) is 32.3 Å². The molecule has 0 saturated carbocycles. The van der Waals surface area contributed by atoms with Crippen LogP contribution in [0.2, 0.25) is 0 Å². The minimum Gasteiger partial charge on any atom is -0.392 e. The first-order chi connectivity index (χ1) is 11.6. The highest BCUT2D eigenvalue weighted by atomic mass is 32.2. The van der Waals surface area contributed by atoms with Gasteiger partial charge in [0.2, 0.25) is 0 Å². The van der Waals surface area contributed by atoms with Crippen molar-refractivity contribution in [3.63, 3.8) is 0 Å². The number of H-pyrrole nitrogens is 1. The quantitative estimate of drug-likeness (QED) is 0.749. The average molecular weight is 341 g/mol. The lowest BCUT2D eigenvalue weighted by molar-refractivity contribution is 0.0904. The highest BCUT2D eigenvalue weighted by Crippen LogP contribution is 2.36. The standard InChI is InChI=1S/C18H16FN3OS/c1-10-17(11(2)23-22-10)12-6-15-16(9-21-18(15)20-8-12)24-14-5-3-4-13(19)7-14/h3-9,11,17H,1-2H3,(H,20,21). The summed E-state index contributed by atoms with van der Waals surface area (Å²) in [5.74, 6) is -0.119. The van der Waals surface area contributed by atoms with Crippen LogP contribution in [-0.2, 0) is 4.84 Å². The number of nitrogens with one attached hydrogen (secondary N) is 1. The predicted octanol–water partition coefficient (Wildman–Crippen LogP) is 4.73. The minimum atomic E-state index is -0.234. The second kappa shape index (κ2) is 5.94. The van der Waals surface area contributed by atoms with Crippen LogP contribution in [-0.4, -0.2) is 21.8 Å². The molecule has 1 aromatic carbocycles. The number of aromatic nitrogens is 2. The van der Waals surface area contributed by atoms with E-state index in [4.69, 9.17) is 4.84 Å². The molecular weight excluding hydrogens is 325 g/mol. The van der Waals surface area contributed by atoms with Crippen molar-refractivity contribution in [1.82, 2.24) is 9.97 Å². The Balaban J connectivity index is 1.72. The minimum absolute atomic E-state index is 0.00233. The summed E-state index contributed by atoms with van der Waals surface area (Å²) in [7, 11) is 0. The van der Waals surface area contributed by atoms with Crippen LogP contribution in [0.3, 0.4) is 0 Å². The Hall–Kier alpha value is -2.34. The van der Waals surface area contributed by atoms with E-state index in [0.29, 0.717) is 0 Å². The number of aromatic amines is 1. The summed E-state index contributed by atoms with van der Waals surface area (Å²) in [6, 6.07) is 8.71. The Kier molecular flexibility index (Phi) is 3.76. The molecule has 1 aliphatic heterocycles. The van der Waals surface area contributed by atoms with Gasteiger partial charge in [-0.15, -0.1) is 0 Å². The summed E-state index contributed by atoms with van der Waals surface area (Å²) in [5, 5.41) is 5.10. The number of fused-ring (bicyclic) bond motifs is 1. The zero-order valence-electron chi connectivity index (χ0n) is 13.3. The van der Waals surface area contributed by atoms with Crippen molar-refractivity contribution < 1.29 is 9.23 Å². The Labute approximate surface area is 143 Å². The first-order valence-electron chi connectivity index (χ1n) is 7.72. The van der Waals surface area contributed by atoms with Crippen molar-refractivity contribution in [3.05, 3.63) is 54.1 Å². The summed E-state index contributed by atoms with van der Waals surface area (Å²) in [5.41, 5.74) is 2.85. The van der Waals surface area contributed by atoms with Crippen molar-refractivity contribution in [2.75, 3.05) is 0 Å². The number of benzene rings is 1. The first kappa shape index (κ1) is 15.2. The SMILES string of the molecule is CC1=NOC(C)C1c1cnc2[nH]cc(Sc3cccc(F)c3)c2c1. The molecule has 0 fully saturated rings. The Morgan fingerprint density at radius 2 is 2.17 bits per heavy atom. The van der Waals surface area contributed by atoms with Gasteiger partial charge in [-0.1, -0.05) is 23.0 Å². The number of nitrogens with zero attached hydrogens (tertiary/aromatic N) is 2. The van der Waals surface area contributed by atoms with Gasteiger partial charge in [-0.25, -0.2) is 9.37 Å². The lowest BCUT2D eigenvalue weighted by Crippen LogP contribution is -2.16. The maximum Gasteiger partial charge on any atom is 0.138 e. The number of pyridine rings is 1. The summed E-state index contributed by atoms with van der Waals surface area (Å²) < 4.78 is 13.4. The highest BCUT2D eigenvalue weighted by molar-refractivity contribution is 7.99. The number of hydrogen-bond donors (Lipinski definition) is 1. The summed E-state index contributed by atoms with van der Waals surface area (Å²) >= 11 is 1.52. The number of rotatable bonds is 3. The molecule has 122 valence electrons. The van der Waals surface area contributed by atoms with Gasteiger partial charge in [-0.2, -0.15) is 0 Å². The van der Waals surface area contributed by atoms with Gasteiger partial charge >= 0.3 is 0 Å². The van der Waals surface area contributed by atoms with E-state index in [0.717, 1.165) is 32.1 Å². The van der Waals surface area contributed by atoms with Gasteiger partial charge in [0, 0.05) is 27.6 Å². The van der Waals surface area contributed by atoms with Gasteiger partial charge in [0.05, 0.1) is 11.6 Å². The molecular formula is C18H16FN3OS. The van der Waals surface area contributed by atoms with Crippen molar-refractivity contribution >= 4 is 28.5 Å². The number of oxime groups is 1. The highest BCUT2D eigenvalue weighted by Gasteiger charge is 2.30. The van der Waals surface area contributed by atoms with E-state index in [1.165, 1.54) is 23.9 Å². The van der Waals surface area contributed by atoms with E-state index in [-0.39, 0.29) is 17.8 Å². The molecule has 4 rings (SSSR count). The van der Waals surface area contributed by atoms with Crippen LogP contribution in [0, 0.1) is 5.82 Å². The topological polar surface area (TPSA) is 50.3 Å². The summed E-state index contributed by atoms with van der Waals surface area (Å²) in [6.45, 7) is 3.98. The lowest BCUT2D eigenvalue weighted by Gasteiger charge is -2.14. The van der Waals surface area contributed by atoms with Crippen molar-refractivity contribution in [3.8, 4) is 0 Å². The van der Waals surface area contributed by atoms with Crippen LogP contribution in [0.5, 0.6) is 0 Å². The molecule has 3 aromatic rings. The second-order valence-electron chi connectivity index (χ2n) is 5.90. The zero-order chi connectivity index (χ0) is 16.7. The normalized spacial score (nSPS) is 20.2. The molecule has 4 nitrogen and oxygen atoms in total. The summed E-state index contributed by atoms with van der Waals surface area (Å²) in [6.07, 6.45) is 3.78. The molecule has 2 aromatic heterocycles. The van der Waals surface area contributed by atoms with E-state index in [9.17, 15) is 4.39 Å². The third kappa shape index (κ3) is 2.67. The molecule has 6 heteroatoms. The van der Waals surface area contributed by atoms with Crippen molar-refractivity contribution in [2.24, 2.45) is 5.16 Å². The maximum atomic E-state index is 13.4. The van der Waals surface area contributed by atoms with Crippen LogP contribution in [0.4, 0.5) is 4.39 Å². The fraction of sp³-hybridized carbons (Fsp3) is 0.222. The molecule has 3 heterocycles. The first-order valence-corrected chi connectivity index (χ1v) is 8.54. The number of hydrogen-bond acceptors (Lipinski definition) is 4. The summed E-state index contributed by atoms with van der Waals surface area (Å²) in [4.78, 5) is 14.9. The van der Waals surface area contributed by atoms with E-state index in [2.05, 4.69) is 21.2 Å². The van der Waals surface area contributed by atoms with Crippen molar-refractivity contribution in [1.29, 1.82) is 0 Å². The Bertz CT molecular complexity index is 937. The Morgan fingerprint density at radius 3 is 2.92 bits per heavy atom. The molecule has 0 spiro atoms. The second-order valence-corrected chi connectivity index (χ2v) is 7.01. The van der Waals surface area contributed by atoms with E-state index in [1.54, 1.807) is 6.07 Å². The smallest absolute Gasteiger partial charge is 0.138 e. The monoisotopic (exact) mass is 341 g/mol. The van der Waals surface area contributed by atoms with E-state index < -0.39 is 0 Å². The van der Waals surface area contributed by atoms with Crippen LogP contribution in [0.15, 0.2) is 57.7 Å². The van der Waals surface area contributed by atoms with Gasteiger partial charge in [0.15, 0.2) is 0 Å². The van der Waals surface area contributed by atoms with Crippen LogP contribution < -0.4 is 0 Å². The van der Waals surface area contributed by atoms with E-state index >= 15 is 0 Å². The van der Waals surface area contributed by atoms with Crippen molar-refractivity contribution in [2.45, 2.75) is 35.7 Å².